The normalized spacial score (nSPS) is 12.5. The Morgan fingerprint density at radius 2 is 2.00 bits per heavy atom. The molecule has 0 aromatic carbocycles. The standard InChI is InChI=1S/C10H15N/c1-7-10(4,5)8(2)9(3)11-6/h1H,2H2,3-6H3. The molecule has 0 aliphatic carbocycles. The summed E-state index contributed by atoms with van der Waals surface area (Å²) in [7, 11) is 1.74. The lowest BCUT2D eigenvalue weighted by Crippen LogP contribution is -2.16. The SMILES string of the molecule is C#CC(C)(C)C(=C)C(C)=NC. The summed E-state index contributed by atoms with van der Waals surface area (Å²) in [6.45, 7) is 9.74. The van der Waals surface area contributed by atoms with Gasteiger partial charge in [0.05, 0.1) is 5.41 Å². The Morgan fingerprint density at radius 3 is 2.27 bits per heavy atom. The zero-order chi connectivity index (χ0) is 9.07. The highest BCUT2D eigenvalue weighted by Gasteiger charge is 2.19. The molecule has 0 saturated carbocycles. The molecule has 0 unspecified atom stereocenters. The summed E-state index contributed by atoms with van der Waals surface area (Å²) in [5, 5.41) is 0. The van der Waals surface area contributed by atoms with Crippen LogP contribution in [0.25, 0.3) is 0 Å². The average Bonchev–Trinajstić information content (AvgIpc) is 2.01. The van der Waals surface area contributed by atoms with Gasteiger partial charge in [-0.15, -0.1) is 6.42 Å². The van der Waals surface area contributed by atoms with Gasteiger partial charge >= 0.3 is 0 Å². The highest BCUT2D eigenvalue weighted by atomic mass is 14.7. The zero-order valence-electron chi connectivity index (χ0n) is 7.73. The van der Waals surface area contributed by atoms with Crippen LogP contribution < -0.4 is 0 Å². The number of hydrogen-bond donors (Lipinski definition) is 0. The van der Waals surface area contributed by atoms with Crippen LogP contribution in [0.5, 0.6) is 0 Å². The molecule has 0 fully saturated rings. The Balaban J connectivity index is 4.67. The molecule has 0 radical (unpaired) electrons. The molecule has 11 heavy (non-hydrogen) atoms. The first-order chi connectivity index (χ1) is 4.95. The summed E-state index contributed by atoms with van der Waals surface area (Å²) in [5.74, 6) is 2.68. The summed E-state index contributed by atoms with van der Waals surface area (Å²) in [6.07, 6.45) is 5.33. The lowest BCUT2D eigenvalue weighted by atomic mass is 9.84. The van der Waals surface area contributed by atoms with Gasteiger partial charge in [-0.2, -0.15) is 0 Å². The van der Waals surface area contributed by atoms with Crippen LogP contribution >= 0.6 is 0 Å². The van der Waals surface area contributed by atoms with E-state index in [-0.39, 0.29) is 5.41 Å². The van der Waals surface area contributed by atoms with Crippen molar-refractivity contribution in [1.29, 1.82) is 0 Å². The van der Waals surface area contributed by atoms with E-state index in [1.807, 2.05) is 20.8 Å². The minimum absolute atomic E-state index is 0.274. The fraction of sp³-hybridized carbons (Fsp3) is 0.500. The van der Waals surface area contributed by atoms with Crippen LogP contribution in [0.3, 0.4) is 0 Å². The highest BCUT2D eigenvalue weighted by molar-refractivity contribution is 5.99. The van der Waals surface area contributed by atoms with Crippen molar-refractivity contribution in [2.24, 2.45) is 10.4 Å². The van der Waals surface area contributed by atoms with Crippen LogP contribution in [0.4, 0.5) is 0 Å². The predicted octanol–water partition coefficient (Wildman–Crippen LogP) is 2.29. The van der Waals surface area contributed by atoms with Crippen molar-refractivity contribution in [3.8, 4) is 12.3 Å². The van der Waals surface area contributed by atoms with Gasteiger partial charge in [0.15, 0.2) is 0 Å². The molecule has 0 amide bonds. The van der Waals surface area contributed by atoms with E-state index < -0.39 is 0 Å². The van der Waals surface area contributed by atoms with Crippen LogP contribution in [0.1, 0.15) is 20.8 Å². The molecular weight excluding hydrogens is 134 g/mol. The van der Waals surface area contributed by atoms with E-state index in [9.17, 15) is 0 Å². The third-order valence-corrected chi connectivity index (χ3v) is 1.89. The van der Waals surface area contributed by atoms with E-state index in [0.717, 1.165) is 11.3 Å². The molecule has 0 aromatic heterocycles. The van der Waals surface area contributed by atoms with E-state index in [1.54, 1.807) is 7.05 Å². The maximum Gasteiger partial charge on any atom is 0.0515 e. The second-order valence-corrected chi connectivity index (χ2v) is 3.06. The van der Waals surface area contributed by atoms with E-state index in [4.69, 9.17) is 6.42 Å². The van der Waals surface area contributed by atoms with Crippen LogP contribution in [0.15, 0.2) is 17.1 Å². The van der Waals surface area contributed by atoms with Crippen molar-refractivity contribution in [2.75, 3.05) is 7.05 Å². The largest absolute Gasteiger partial charge is 0.293 e. The van der Waals surface area contributed by atoms with Gasteiger partial charge in [0.2, 0.25) is 0 Å². The molecule has 0 spiro atoms. The van der Waals surface area contributed by atoms with E-state index >= 15 is 0 Å². The van der Waals surface area contributed by atoms with Gasteiger partial charge in [-0.1, -0.05) is 12.5 Å². The van der Waals surface area contributed by atoms with Crippen molar-refractivity contribution in [2.45, 2.75) is 20.8 Å². The molecule has 0 rings (SSSR count). The molecule has 1 heteroatoms. The molecule has 0 aliphatic heterocycles. The van der Waals surface area contributed by atoms with Crippen molar-refractivity contribution in [3.05, 3.63) is 12.2 Å². The Morgan fingerprint density at radius 1 is 1.55 bits per heavy atom. The predicted molar refractivity (Wildman–Crippen MR) is 50.8 cm³/mol. The maximum absolute atomic E-state index is 5.33. The summed E-state index contributed by atoms with van der Waals surface area (Å²) >= 11 is 0. The molecule has 60 valence electrons. The van der Waals surface area contributed by atoms with Crippen molar-refractivity contribution in [3.63, 3.8) is 0 Å². The topological polar surface area (TPSA) is 12.4 Å². The monoisotopic (exact) mass is 149 g/mol. The molecule has 0 aromatic rings. The van der Waals surface area contributed by atoms with Crippen molar-refractivity contribution >= 4 is 5.71 Å². The smallest absolute Gasteiger partial charge is 0.0515 e. The van der Waals surface area contributed by atoms with Gasteiger partial charge in [0.1, 0.15) is 0 Å². The summed E-state index contributed by atoms with van der Waals surface area (Å²) < 4.78 is 0. The second-order valence-electron chi connectivity index (χ2n) is 3.06. The third-order valence-electron chi connectivity index (χ3n) is 1.89. The molecule has 0 N–H and O–H groups in total. The van der Waals surface area contributed by atoms with Crippen LogP contribution in [-0.4, -0.2) is 12.8 Å². The quantitative estimate of drug-likeness (QED) is 0.422. The lowest BCUT2D eigenvalue weighted by Gasteiger charge is -2.20. The first-order valence-electron chi connectivity index (χ1n) is 3.56. The highest BCUT2D eigenvalue weighted by Crippen LogP contribution is 2.24. The number of rotatable bonds is 2. The Hall–Kier alpha value is -1.03. The van der Waals surface area contributed by atoms with Gasteiger partial charge < -0.3 is 0 Å². The van der Waals surface area contributed by atoms with Crippen LogP contribution in [-0.2, 0) is 0 Å². The number of aliphatic imine (C=N–C) groups is 1. The van der Waals surface area contributed by atoms with Gasteiger partial charge in [-0.25, -0.2) is 0 Å². The first kappa shape index (κ1) is 9.97. The number of hydrogen-bond acceptors (Lipinski definition) is 1. The van der Waals surface area contributed by atoms with E-state index in [0.29, 0.717) is 0 Å². The lowest BCUT2D eigenvalue weighted by molar-refractivity contribution is 0.634. The molecule has 0 atom stereocenters. The first-order valence-corrected chi connectivity index (χ1v) is 3.56. The summed E-state index contributed by atoms with van der Waals surface area (Å²) in [4.78, 5) is 4.02. The van der Waals surface area contributed by atoms with Crippen LogP contribution in [0.2, 0.25) is 0 Å². The van der Waals surface area contributed by atoms with Crippen molar-refractivity contribution < 1.29 is 0 Å². The van der Waals surface area contributed by atoms with Gasteiger partial charge in [0.25, 0.3) is 0 Å². The molecule has 0 heterocycles. The Bertz CT molecular complexity index is 226. The van der Waals surface area contributed by atoms with E-state index in [1.165, 1.54) is 0 Å². The van der Waals surface area contributed by atoms with Gasteiger partial charge in [-0.3, -0.25) is 4.99 Å². The fourth-order valence-electron chi connectivity index (χ4n) is 0.674. The zero-order valence-corrected chi connectivity index (χ0v) is 7.73. The maximum atomic E-state index is 5.33. The Labute approximate surface area is 69.2 Å². The third kappa shape index (κ3) is 2.23. The summed E-state index contributed by atoms with van der Waals surface area (Å²) in [6, 6.07) is 0. The molecule has 0 saturated heterocycles. The van der Waals surface area contributed by atoms with E-state index in [2.05, 4.69) is 17.5 Å². The Kier molecular flexibility index (Phi) is 3.07. The minimum atomic E-state index is -0.274. The molecule has 0 aliphatic rings. The average molecular weight is 149 g/mol. The molecule has 0 bridgehead atoms. The van der Waals surface area contributed by atoms with Gasteiger partial charge in [-0.05, 0) is 26.3 Å². The number of nitrogens with zero attached hydrogens (tertiary/aromatic N) is 1. The number of terminal acetylenes is 1. The fourth-order valence-corrected chi connectivity index (χ4v) is 0.674. The second kappa shape index (κ2) is 3.39. The molecule has 1 nitrogen and oxygen atoms in total. The summed E-state index contributed by atoms with van der Waals surface area (Å²) in [5.41, 5.74) is 1.57. The minimum Gasteiger partial charge on any atom is -0.293 e. The number of allylic oxidation sites excluding steroid dienone is 1. The van der Waals surface area contributed by atoms with Crippen molar-refractivity contribution in [1.82, 2.24) is 0 Å². The van der Waals surface area contributed by atoms with Gasteiger partial charge in [0, 0.05) is 12.8 Å². The molecular formula is C10H15N. The van der Waals surface area contributed by atoms with Crippen LogP contribution in [0, 0.1) is 17.8 Å².